The third kappa shape index (κ3) is 4.76. The number of carbonyl (C=O) groups excluding carboxylic acids is 1. The van der Waals surface area contributed by atoms with Crippen molar-refractivity contribution in [2.75, 3.05) is 35.5 Å². The van der Waals surface area contributed by atoms with Crippen LogP contribution in [0.15, 0.2) is 54.6 Å². The Morgan fingerprint density at radius 2 is 1.81 bits per heavy atom. The van der Waals surface area contributed by atoms with Gasteiger partial charge in [0.2, 0.25) is 10.0 Å². The molecule has 1 aliphatic heterocycles. The fourth-order valence-corrected chi connectivity index (χ4v) is 3.75. The number of hydrogen-bond acceptors (Lipinski definition) is 4. The molecule has 1 saturated heterocycles. The van der Waals surface area contributed by atoms with E-state index < -0.39 is 10.0 Å². The monoisotopic (exact) mass is 373 g/mol. The molecule has 1 amide bonds. The van der Waals surface area contributed by atoms with Crippen LogP contribution in [0.25, 0.3) is 0 Å². The molecule has 7 heteroatoms. The van der Waals surface area contributed by atoms with Gasteiger partial charge in [0.05, 0.1) is 17.5 Å². The first kappa shape index (κ1) is 18.3. The van der Waals surface area contributed by atoms with Crippen LogP contribution >= 0.6 is 0 Å². The van der Waals surface area contributed by atoms with Crippen molar-refractivity contribution in [3.05, 3.63) is 60.2 Å². The minimum absolute atomic E-state index is 0.269. The van der Waals surface area contributed by atoms with Gasteiger partial charge in [-0.25, -0.2) is 8.42 Å². The predicted octanol–water partition coefficient (Wildman–Crippen LogP) is 2.31. The molecule has 0 bridgehead atoms. The highest BCUT2D eigenvalue weighted by Gasteiger charge is 2.23. The van der Waals surface area contributed by atoms with Gasteiger partial charge in [0, 0.05) is 25.3 Å². The van der Waals surface area contributed by atoms with Gasteiger partial charge in [-0.3, -0.25) is 9.52 Å². The normalized spacial score (nSPS) is 17.1. The van der Waals surface area contributed by atoms with Gasteiger partial charge in [0.1, 0.15) is 0 Å². The van der Waals surface area contributed by atoms with E-state index in [2.05, 4.69) is 27.1 Å². The van der Waals surface area contributed by atoms with Gasteiger partial charge >= 0.3 is 0 Å². The van der Waals surface area contributed by atoms with E-state index in [4.69, 9.17) is 0 Å². The van der Waals surface area contributed by atoms with Crippen molar-refractivity contribution in [1.29, 1.82) is 0 Å². The molecule has 0 saturated carbocycles. The minimum Gasteiger partial charge on any atom is -0.371 e. The summed E-state index contributed by atoms with van der Waals surface area (Å²) in [6.45, 7) is 2.43. The fraction of sp³-hybridized carbons (Fsp3) is 0.316. The van der Waals surface area contributed by atoms with E-state index in [1.807, 2.05) is 18.2 Å². The van der Waals surface area contributed by atoms with Gasteiger partial charge in [-0.1, -0.05) is 30.3 Å². The quantitative estimate of drug-likeness (QED) is 0.815. The Morgan fingerprint density at radius 3 is 2.54 bits per heavy atom. The summed E-state index contributed by atoms with van der Waals surface area (Å²) in [5.74, 6) is 0.101. The van der Waals surface area contributed by atoms with Gasteiger partial charge in [-0.15, -0.1) is 0 Å². The summed E-state index contributed by atoms with van der Waals surface area (Å²) >= 11 is 0. The predicted molar refractivity (Wildman–Crippen MR) is 104 cm³/mol. The fourth-order valence-electron chi connectivity index (χ4n) is 3.17. The summed E-state index contributed by atoms with van der Waals surface area (Å²) < 4.78 is 25.3. The van der Waals surface area contributed by atoms with Gasteiger partial charge in [-0.2, -0.15) is 0 Å². The Kier molecular flexibility index (Phi) is 5.46. The molecular formula is C19H23N3O3S. The first-order valence-electron chi connectivity index (χ1n) is 8.57. The first-order valence-corrected chi connectivity index (χ1v) is 10.5. The summed E-state index contributed by atoms with van der Waals surface area (Å²) in [6, 6.07) is 16.8. The number of nitrogens with one attached hydrogen (secondary N) is 2. The van der Waals surface area contributed by atoms with E-state index >= 15 is 0 Å². The third-order valence-corrected chi connectivity index (χ3v) is 5.02. The Bertz CT molecular complexity index is 869. The Morgan fingerprint density at radius 1 is 1.12 bits per heavy atom. The molecule has 1 atom stereocenters. The van der Waals surface area contributed by atoms with Crippen molar-refractivity contribution in [3.8, 4) is 0 Å². The molecular weight excluding hydrogens is 350 g/mol. The van der Waals surface area contributed by atoms with Crippen molar-refractivity contribution >= 4 is 27.3 Å². The Labute approximate surface area is 154 Å². The lowest BCUT2D eigenvalue weighted by Gasteiger charge is -2.19. The highest BCUT2D eigenvalue weighted by molar-refractivity contribution is 7.92. The largest absolute Gasteiger partial charge is 0.371 e. The maximum atomic E-state index is 12.5. The summed E-state index contributed by atoms with van der Waals surface area (Å²) in [6.07, 6.45) is 2.08. The van der Waals surface area contributed by atoms with Crippen molar-refractivity contribution in [1.82, 2.24) is 5.32 Å². The molecule has 0 aromatic heterocycles. The Balaban J connectivity index is 1.58. The second-order valence-electron chi connectivity index (χ2n) is 6.57. The minimum atomic E-state index is -3.44. The van der Waals surface area contributed by atoms with Crippen molar-refractivity contribution in [3.63, 3.8) is 0 Å². The average Bonchev–Trinajstić information content (AvgIpc) is 3.08. The van der Waals surface area contributed by atoms with Gasteiger partial charge in [0.25, 0.3) is 5.91 Å². The molecule has 2 aromatic rings. The molecule has 2 N–H and O–H groups in total. The number of amides is 1. The second kappa shape index (κ2) is 7.78. The topological polar surface area (TPSA) is 78.5 Å². The Hall–Kier alpha value is -2.54. The summed E-state index contributed by atoms with van der Waals surface area (Å²) in [5.41, 5.74) is 1.82. The third-order valence-electron chi connectivity index (χ3n) is 4.43. The van der Waals surface area contributed by atoms with Gasteiger partial charge < -0.3 is 10.2 Å². The van der Waals surface area contributed by atoms with Crippen molar-refractivity contribution < 1.29 is 13.2 Å². The molecule has 26 heavy (non-hydrogen) atoms. The molecule has 1 unspecified atom stereocenters. The summed E-state index contributed by atoms with van der Waals surface area (Å²) in [4.78, 5) is 14.8. The number of sulfonamides is 1. The molecule has 3 rings (SSSR count). The van der Waals surface area contributed by atoms with Crippen molar-refractivity contribution in [2.45, 2.75) is 6.42 Å². The zero-order chi connectivity index (χ0) is 18.6. The smallest absolute Gasteiger partial charge is 0.253 e. The van der Waals surface area contributed by atoms with Gasteiger partial charge in [-0.05, 0) is 36.6 Å². The average molecular weight is 373 g/mol. The van der Waals surface area contributed by atoms with Crippen LogP contribution in [-0.2, 0) is 10.0 Å². The molecule has 0 spiro atoms. The van der Waals surface area contributed by atoms with E-state index in [0.29, 0.717) is 23.7 Å². The lowest BCUT2D eigenvalue weighted by Crippen LogP contribution is -2.31. The van der Waals surface area contributed by atoms with E-state index in [0.717, 1.165) is 25.8 Å². The van der Waals surface area contributed by atoms with E-state index in [1.54, 1.807) is 24.3 Å². The molecule has 1 aliphatic rings. The number of hydrogen-bond donors (Lipinski definition) is 2. The van der Waals surface area contributed by atoms with Crippen LogP contribution in [0.3, 0.4) is 0 Å². The number of benzene rings is 2. The number of carbonyl (C=O) groups is 1. The van der Waals surface area contributed by atoms with Crippen LogP contribution < -0.4 is 14.9 Å². The first-order chi connectivity index (χ1) is 12.4. The number of nitrogens with zero attached hydrogens (tertiary/aromatic N) is 1. The molecule has 2 aromatic carbocycles. The standard InChI is InChI=1S/C19H23N3O3S/c1-26(24,25)21-18-10-6-5-9-17(18)19(23)20-13-15-11-12-22(14-15)16-7-3-2-4-8-16/h2-10,15,21H,11-14H2,1H3,(H,20,23). The summed E-state index contributed by atoms with van der Waals surface area (Å²) in [5, 5.41) is 2.94. The molecule has 0 radical (unpaired) electrons. The van der Waals surface area contributed by atoms with Crippen LogP contribution in [0.2, 0.25) is 0 Å². The van der Waals surface area contributed by atoms with Crippen LogP contribution in [0.1, 0.15) is 16.8 Å². The van der Waals surface area contributed by atoms with Crippen molar-refractivity contribution in [2.24, 2.45) is 5.92 Å². The molecule has 1 fully saturated rings. The lowest BCUT2D eigenvalue weighted by molar-refractivity contribution is 0.0949. The summed E-state index contributed by atoms with van der Waals surface area (Å²) in [7, 11) is -3.44. The van der Waals surface area contributed by atoms with Crippen LogP contribution in [0.4, 0.5) is 11.4 Å². The molecule has 1 heterocycles. The van der Waals surface area contributed by atoms with Crippen LogP contribution in [0, 0.1) is 5.92 Å². The van der Waals surface area contributed by atoms with Crippen LogP contribution in [-0.4, -0.2) is 40.2 Å². The SMILES string of the molecule is CS(=O)(=O)Nc1ccccc1C(=O)NCC1CCN(c2ccccc2)C1. The molecule has 6 nitrogen and oxygen atoms in total. The van der Waals surface area contributed by atoms with E-state index in [1.165, 1.54) is 5.69 Å². The second-order valence-corrected chi connectivity index (χ2v) is 8.31. The maximum absolute atomic E-state index is 12.5. The van der Waals surface area contributed by atoms with Gasteiger partial charge in [0.15, 0.2) is 0 Å². The highest BCUT2D eigenvalue weighted by Crippen LogP contribution is 2.23. The zero-order valence-electron chi connectivity index (χ0n) is 14.7. The highest BCUT2D eigenvalue weighted by atomic mass is 32.2. The van der Waals surface area contributed by atoms with E-state index in [9.17, 15) is 13.2 Å². The maximum Gasteiger partial charge on any atom is 0.253 e. The number of para-hydroxylation sites is 2. The van der Waals surface area contributed by atoms with Crippen LogP contribution in [0.5, 0.6) is 0 Å². The lowest BCUT2D eigenvalue weighted by atomic mass is 10.1. The molecule has 138 valence electrons. The zero-order valence-corrected chi connectivity index (χ0v) is 15.5. The van der Waals surface area contributed by atoms with E-state index in [-0.39, 0.29) is 5.91 Å². The number of rotatable bonds is 6. The molecule has 0 aliphatic carbocycles. The number of anilines is 2.